The zero-order valence-corrected chi connectivity index (χ0v) is 11.5. The second-order valence-electron chi connectivity index (χ2n) is 4.53. The monoisotopic (exact) mass is 290 g/mol. The van der Waals surface area contributed by atoms with Gasteiger partial charge < -0.3 is 15.3 Å². The Balaban J connectivity index is 1.75. The minimum atomic E-state index is -0.262. The third kappa shape index (κ3) is 2.44. The Hall–Kier alpha value is -2.15. The molecule has 6 nitrogen and oxygen atoms in total. The van der Waals surface area contributed by atoms with E-state index in [1.807, 2.05) is 10.3 Å². The Morgan fingerprint density at radius 2 is 2.35 bits per heavy atom. The van der Waals surface area contributed by atoms with E-state index in [0.29, 0.717) is 0 Å². The Kier molecular flexibility index (Phi) is 3.51. The standard InChI is InChI=1S/C13H14N4O2S/c18-10-4-1-5-14-11(10)16-12(19)9-3-2-7-17(9)13-15-6-8-20-13/h1,4-6,8-9,18H,2-3,7H2,(H,14,16,19). The number of pyridine rings is 1. The van der Waals surface area contributed by atoms with Crippen LogP contribution in [0.5, 0.6) is 5.75 Å². The van der Waals surface area contributed by atoms with Gasteiger partial charge in [0.2, 0.25) is 5.91 Å². The number of nitrogens with one attached hydrogen (secondary N) is 1. The van der Waals surface area contributed by atoms with Gasteiger partial charge in [0.05, 0.1) is 0 Å². The van der Waals surface area contributed by atoms with Crippen molar-refractivity contribution in [2.45, 2.75) is 18.9 Å². The van der Waals surface area contributed by atoms with Gasteiger partial charge in [-0.25, -0.2) is 9.97 Å². The molecule has 1 fully saturated rings. The second kappa shape index (κ2) is 5.46. The number of carbonyl (C=O) groups is 1. The SMILES string of the molecule is O=C(Nc1ncccc1O)C1CCCN1c1nccs1. The van der Waals surface area contributed by atoms with Crippen LogP contribution >= 0.6 is 11.3 Å². The minimum Gasteiger partial charge on any atom is -0.504 e. The molecule has 1 atom stereocenters. The highest BCUT2D eigenvalue weighted by molar-refractivity contribution is 7.13. The molecule has 1 aliphatic heterocycles. The fourth-order valence-electron chi connectivity index (χ4n) is 2.32. The van der Waals surface area contributed by atoms with E-state index in [-0.39, 0.29) is 23.5 Å². The van der Waals surface area contributed by atoms with Gasteiger partial charge in [0, 0.05) is 24.3 Å². The van der Waals surface area contributed by atoms with Crippen molar-refractivity contribution in [3.8, 4) is 5.75 Å². The maximum atomic E-state index is 12.3. The summed E-state index contributed by atoms with van der Waals surface area (Å²) >= 11 is 1.52. The van der Waals surface area contributed by atoms with Gasteiger partial charge in [-0.3, -0.25) is 4.79 Å². The lowest BCUT2D eigenvalue weighted by atomic mass is 10.2. The van der Waals surface area contributed by atoms with E-state index >= 15 is 0 Å². The van der Waals surface area contributed by atoms with Crippen molar-refractivity contribution in [2.75, 3.05) is 16.8 Å². The largest absolute Gasteiger partial charge is 0.504 e. The first-order valence-corrected chi connectivity index (χ1v) is 7.24. The molecule has 0 aromatic carbocycles. The minimum absolute atomic E-state index is 0.0281. The molecule has 20 heavy (non-hydrogen) atoms. The molecule has 2 aromatic heterocycles. The smallest absolute Gasteiger partial charge is 0.248 e. The lowest BCUT2D eigenvalue weighted by Gasteiger charge is -2.22. The van der Waals surface area contributed by atoms with Crippen molar-refractivity contribution >= 4 is 28.2 Å². The summed E-state index contributed by atoms with van der Waals surface area (Å²) in [5.41, 5.74) is 0. The van der Waals surface area contributed by atoms with Crippen molar-refractivity contribution in [3.63, 3.8) is 0 Å². The van der Waals surface area contributed by atoms with Gasteiger partial charge >= 0.3 is 0 Å². The summed E-state index contributed by atoms with van der Waals surface area (Å²) in [5, 5.41) is 15.1. The molecule has 3 heterocycles. The molecule has 1 unspecified atom stereocenters. The fraction of sp³-hybridized carbons (Fsp3) is 0.308. The van der Waals surface area contributed by atoms with E-state index in [0.717, 1.165) is 24.5 Å². The summed E-state index contributed by atoms with van der Waals surface area (Å²) < 4.78 is 0. The number of rotatable bonds is 3. The summed E-state index contributed by atoms with van der Waals surface area (Å²) in [6, 6.07) is 2.85. The lowest BCUT2D eigenvalue weighted by molar-refractivity contribution is -0.117. The molecule has 0 spiro atoms. The van der Waals surface area contributed by atoms with Crippen LogP contribution in [0, 0.1) is 0 Å². The first kappa shape index (κ1) is 12.9. The van der Waals surface area contributed by atoms with E-state index in [4.69, 9.17) is 0 Å². The highest BCUT2D eigenvalue weighted by Crippen LogP contribution is 2.28. The van der Waals surface area contributed by atoms with Crippen molar-refractivity contribution in [3.05, 3.63) is 29.9 Å². The third-order valence-electron chi connectivity index (χ3n) is 3.25. The molecule has 2 aromatic rings. The Morgan fingerprint density at radius 1 is 1.45 bits per heavy atom. The average molecular weight is 290 g/mol. The van der Waals surface area contributed by atoms with Gasteiger partial charge in [0.15, 0.2) is 16.7 Å². The number of hydrogen-bond donors (Lipinski definition) is 2. The average Bonchev–Trinajstić information content (AvgIpc) is 3.11. The predicted octanol–water partition coefficient (Wildman–Crippen LogP) is 1.85. The third-order valence-corrected chi connectivity index (χ3v) is 4.06. The molecule has 3 rings (SSSR count). The first-order valence-electron chi connectivity index (χ1n) is 6.36. The van der Waals surface area contributed by atoms with Gasteiger partial charge in [-0.2, -0.15) is 0 Å². The molecule has 2 N–H and O–H groups in total. The molecular formula is C13H14N4O2S. The molecule has 0 saturated carbocycles. The molecule has 1 amide bonds. The van der Waals surface area contributed by atoms with Gasteiger partial charge in [-0.1, -0.05) is 0 Å². The molecule has 0 aliphatic carbocycles. The zero-order chi connectivity index (χ0) is 13.9. The van der Waals surface area contributed by atoms with Crippen molar-refractivity contribution in [2.24, 2.45) is 0 Å². The van der Waals surface area contributed by atoms with Crippen molar-refractivity contribution in [1.82, 2.24) is 9.97 Å². The number of carbonyl (C=O) groups excluding carboxylic acids is 1. The van der Waals surface area contributed by atoms with Crippen LogP contribution in [0.3, 0.4) is 0 Å². The quantitative estimate of drug-likeness (QED) is 0.902. The molecule has 7 heteroatoms. The molecule has 104 valence electrons. The topological polar surface area (TPSA) is 78.3 Å². The summed E-state index contributed by atoms with van der Waals surface area (Å²) in [4.78, 5) is 22.6. The summed E-state index contributed by atoms with van der Waals surface area (Å²) in [7, 11) is 0. The van der Waals surface area contributed by atoms with E-state index in [1.54, 1.807) is 12.3 Å². The Morgan fingerprint density at radius 3 is 3.10 bits per heavy atom. The molecular weight excluding hydrogens is 276 g/mol. The maximum Gasteiger partial charge on any atom is 0.248 e. The number of nitrogens with zero attached hydrogens (tertiary/aromatic N) is 3. The lowest BCUT2D eigenvalue weighted by Crippen LogP contribution is -2.39. The number of aromatic hydroxyl groups is 1. The Labute approximate surface area is 120 Å². The van der Waals surface area contributed by atoms with Crippen molar-refractivity contribution in [1.29, 1.82) is 0 Å². The highest BCUT2D eigenvalue weighted by atomic mass is 32.1. The van der Waals surface area contributed by atoms with Crippen LogP contribution in [0.25, 0.3) is 0 Å². The first-order chi connectivity index (χ1) is 9.75. The van der Waals surface area contributed by atoms with Crippen LogP contribution in [0.15, 0.2) is 29.9 Å². The van der Waals surface area contributed by atoms with Gasteiger partial charge in [-0.15, -0.1) is 11.3 Å². The van der Waals surface area contributed by atoms with E-state index in [1.165, 1.54) is 23.6 Å². The van der Waals surface area contributed by atoms with Crippen molar-refractivity contribution < 1.29 is 9.90 Å². The molecule has 0 bridgehead atoms. The number of aromatic nitrogens is 2. The number of hydrogen-bond acceptors (Lipinski definition) is 6. The van der Waals surface area contributed by atoms with Gasteiger partial charge in [-0.05, 0) is 25.0 Å². The van der Waals surface area contributed by atoms with Crippen LogP contribution < -0.4 is 10.2 Å². The number of amides is 1. The maximum absolute atomic E-state index is 12.3. The van der Waals surface area contributed by atoms with Gasteiger partial charge in [0.25, 0.3) is 0 Å². The highest BCUT2D eigenvalue weighted by Gasteiger charge is 2.32. The van der Waals surface area contributed by atoms with Gasteiger partial charge in [0.1, 0.15) is 6.04 Å². The summed E-state index contributed by atoms with van der Waals surface area (Å²) in [5.74, 6) is 0.00911. The zero-order valence-electron chi connectivity index (χ0n) is 10.7. The molecule has 1 aliphatic rings. The summed E-state index contributed by atoms with van der Waals surface area (Å²) in [6.45, 7) is 0.819. The Bertz CT molecular complexity index is 602. The van der Waals surface area contributed by atoms with E-state index in [9.17, 15) is 9.90 Å². The van der Waals surface area contributed by atoms with Crippen LogP contribution in [-0.4, -0.2) is 33.6 Å². The van der Waals surface area contributed by atoms with Crippen LogP contribution in [0.2, 0.25) is 0 Å². The number of anilines is 2. The normalized spacial score (nSPS) is 18.2. The number of thiazole rings is 1. The van der Waals surface area contributed by atoms with E-state index < -0.39 is 0 Å². The van der Waals surface area contributed by atoms with Crippen LogP contribution in [0.1, 0.15) is 12.8 Å². The van der Waals surface area contributed by atoms with Crippen LogP contribution in [-0.2, 0) is 4.79 Å². The predicted molar refractivity (Wildman–Crippen MR) is 77.0 cm³/mol. The fourth-order valence-corrected chi connectivity index (χ4v) is 3.04. The molecule has 0 radical (unpaired) electrons. The second-order valence-corrected chi connectivity index (χ2v) is 5.40. The van der Waals surface area contributed by atoms with E-state index in [2.05, 4.69) is 15.3 Å². The van der Waals surface area contributed by atoms with Crippen LogP contribution in [0.4, 0.5) is 10.9 Å². The molecule has 1 saturated heterocycles. The summed E-state index contributed by atoms with van der Waals surface area (Å²) in [6.07, 6.45) is 4.99.